The molecule has 2 N–H and O–H groups in total. The fraction of sp³-hybridized carbons (Fsp3) is 0.421. The molecule has 0 saturated heterocycles. The molecule has 8 heteroatoms. The van der Waals surface area contributed by atoms with E-state index in [2.05, 4.69) is 45.0 Å². The largest absolute Gasteiger partial charge is 0.385 e. The second-order valence-corrected chi connectivity index (χ2v) is 8.16. The Balaban J connectivity index is 1.85. The Labute approximate surface area is 167 Å². The highest BCUT2D eigenvalue weighted by Crippen LogP contribution is 2.35. The Hall–Kier alpha value is -2.03. The van der Waals surface area contributed by atoms with E-state index in [-0.39, 0.29) is 11.9 Å². The summed E-state index contributed by atoms with van der Waals surface area (Å²) in [4.78, 5) is 24.2. The summed E-state index contributed by atoms with van der Waals surface area (Å²) in [6, 6.07) is 4.37. The third-order valence-corrected chi connectivity index (χ3v) is 6.53. The Morgan fingerprint density at radius 2 is 2.22 bits per heavy atom. The number of hydrogen-bond donors (Lipinski definition) is 2. The van der Waals surface area contributed by atoms with Crippen molar-refractivity contribution >= 4 is 44.6 Å². The van der Waals surface area contributed by atoms with Gasteiger partial charge in [0.05, 0.1) is 16.3 Å². The first-order chi connectivity index (χ1) is 13.2. The van der Waals surface area contributed by atoms with Gasteiger partial charge >= 0.3 is 0 Å². The zero-order valence-electron chi connectivity index (χ0n) is 15.7. The molecule has 1 atom stereocenters. The molecule has 0 spiro atoms. The van der Waals surface area contributed by atoms with Crippen molar-refractivity contribution in [3.05, 3.63) is 39.2 Å². The molecule has 0 bridgehead atoms. The number of methoxy groups -OCH3 is 1. The molecule has 0 radical (unpaired) electrons. The van der Waals surface area contributed by atoms with Gasteiger partial charge in [0.25, 0.3) is 5.91 Å². The van der Waals surface area contributed by atoms with Crippen LogP contribution in [0.4, 0.5) is 5.82 Å². The zero-order valence-corrected chi connectivity index (χ0v) is 17.4. The number of hydrogen-bond acceptors (Lipinski definition) is 7. The highest BCUT2D eigenvalue weighted by Gasteiger charge is 2.20. The lowest BCUT2D eigenvalue weighted by atomic mass is 10.1. The van der Waals surface area contributed by atoms with Crippen LogP contribution in [0, 0.1) is 6.92 Å². The van der Waals surface area contributed by atoms with E-state index in [9.17, 15) is 4.79 Å². The maximum atomic E-state index is 12.6. The molecule has 0 aliphatic carbocycles. The first kappa shape index (κ1) is 19.7. The number of anilines is 1. The number of nitrogens with zero attached hydrogens (tertiary/aromatic N) is 2. The lowest BCUT2D eigenvalue weighted by molar-refractivity contribution is 0.0952. The number of aryl methyl sites for hydroxylation is 1. The van der Waals surface area contributed by atoms with E-state index in [0.29, 0.717) is 18.0 Å². The first-order valence-corrected chi connectivity index (χ1v) is 10.7. The number of amides is 1. The maximum absolute atomic E-state index is 12.6. The SMILES string of the molecule is CCC(Nc1ncnc2sc(C(=O)NCCCOC)c(C)c12)c1cccs1. The van der Waals surface area contributed by atoms with Gasteiger partial charge in [-0.3, -0.25) is 4.79 Å². The van der Waals surface area contributed by atoms with Crippen LogP contribution in [-0.4, -0.2) is 36.1 Å². The monoisotopic (exact) mass is 404 g/mol. The third-order valence-electron chi connectivity index (χ3n) is 4.35. The van der Waals surface area contributed by atoms with Gasteiger partial charge in [-0.25, -0.2) is 9.97 Å². The standard InChI is InChI=1S/C19H24N4O2S2/c1-4-13(14-7-5-10-26-14)23-17-15-12(2)16(27-19(15)22-11-21-17)18(24)20-8-6-9-25-3/h5,7,10-11,13H,4,6,8-9H2,1-3H3,(H,20,24)(H,21,22,23). The van der Waals surface area contributed by atoms with Crippen molar-refractivity contribution in [2.75, 3.05) is 25.6 Å². The minimum absolute atomic E-state index is 0.0668. The van der Waals surface area contributed by atoms with Crippen molar-refractivity contribution in [3.8, 4) is 0 Å². The molecule has 6 nitrogen and oxygen atoms in total. The Morgan fingerprint density at radius 1 is 1.37 bits per heavy atom. The second kappa shape index (κ2) is 9.25. The Kier molecular flexibility index (Phi) is 6.76. The topological polar surface area (TPSA) is 76.1 Å². The van der Waals surface area contributed by atoms with Gasteiger partial charge in [-0.05, 0) is 36.8 Å². The molecule has 0 fully saturated rings. The van der Waals surface area contributed by atoms with Crippen molar-refractivity contribution < 1.29 is 9.53 Å². The summed E-state index contributed by atoms with van der Waals surface area (Å²) in [5.41, 5.74) is 0.920. The van der Waals surface area contributed by atoms with Gasteiger partial charge in [-0.15, -0.1) is 22.7 Å². The molecular formula is C19H24N4O2S2. The van der Waals surface area contributed by atoms with Gasteiger partial charge in [-0.1, -0.05) is 13.0 Å². The van der Waals surface area contributed by atoms with E-state index in [1.807, 2.05) is 6.92 Å². The number of fused-ring (bicyclic) bond motifs is 1. The summed E-state index contributed by atoms with van der Waals surface area (Å²) in [6.45, 7) is 5.33. The molecular weight excluding hydrogens is 380 g/mol. The minimum Gasteiger partial charge on any atom is -0.385 e. The van der Waals surface area contributed by atoms with Gasteiger partial charge in [0, 0.05) is 25.1 Å². The highest BCUT2D eigenvalue weighted by atomic mass is 32.1. The van der Waals surface area contributed by atoms with Crippen LogP contribution in [0.5, 0.6) is 0 Å². The van der Waals surface area contributed by atoms with E-state index >= 15 is 0 Å². The molecule has 27 heavy (non-hydrogen) atoms. The molecule has 0 saturated carbocycles. The molecule has 1 amide bonds. The predicted molar refractivity (Wildman–Crippen MR) is 112 cm³/mol. The number of ether oxygens (including phenoxy) is 1. The maximum Gasteiger partial charge on any atom is 0.261 e. The molecule has 3 heterocycles. The van der Waals surface area contributed by atoms with E-state index < -0.39 is 0 Å². The molecule has 0 aliphatic rings. The highest BCUT2D eigenvalue weighted by molar-refractivity contribution is 7.20. The molecule has 144 valence electrons. The van der Waals surface area contributed by atoms with E-state index in [0.717, 1.165) is 34.4 Å². The molecule has 3 aromatic rings. The fourth-order valence-corrected chi connectivity index (χ4v) is 4.85. The summed E-state index contributed by atoms with van der Waals surface area (Å²) in [6.07, 6.45) is 3.29. The van der Waals surface area contributed by atoms with E-state index in [1.54, 1.807) is 24.8 Å². The summed E-state index contributed by atoms with van der Waals surface area (Å²) in [5.74, 6) is 0.718. The van der Waals surface area contributed by atoms with E-state index in [4.69, 9.17) is 4.74 Å². The number of carbonyl (C=O) groups is 1. The Bertz CT molecular complexity index is 893. The van der Waals surface area contributed by atoms with Gasteiger partial charge in [-0.2, -0.15) is 0 Å². The molecule has 3 aromatic heterocycles. The van der Waals surface area contributed by atoms with Gasteiger partial charge in [0.1, 0.15) is 17.0 Å². The number of aromatic nitrogens is 2. The van der Waals surface area contributed by atoms with Crippen molar-refractivity contribution in [3.63, 3.8) is 0 Å². The molecule has 3 rings (SSSR count). The first-order valence-electron chi connectivity index (χ1n) is 8.96. The van der Waals surface area contributed by atoms with Crippen LogP contribution < -0.4 is 10.6 Å². The third kappa shape index (κ3) is 4.45. The number of carbonyl (C=O) groups excluding carboxylic acids is 1. The predicted octanol–water partition coefficient (Wildman–Crippen LogP) is 4.39. The van der Waals surface area contributed by atoms with Crippen LogP contribution >= 0.6 is 22.7 Å². The smallest absolute Gasteiger partial charge is 0.261 e. The molecule has 0 aliphatic heterocycles. The van der Waals surface area contributed by atoms with Crippen LogP contribution in [0.2, 0.25) is 0 Å². The number of nitrogens with one attached hydrogen (secondary N) is 2. The summed E-state index contributed by atoms with van der Waals surface area (Å²) in [5, 5.41) is 9.51. The lowest BCUT2D eigenvalue weighted by Gasteiger charge is -2.16. The quantitative estimate of drug-likeness (QED) is 0.517. The van der Waals surface area contributed by atoms with E-state index in [1.165, 1.54) is 16.2 Å². The summed E-state index contributed by atoms with van der Waals surface area (Å²) >= 11 is 3.14. The van der Waals surface area contributed by atoms with Gasteiger partial charge < -0.3 is 15.4 Å². The van der Waals surface area contributed by atoms with Crippen LogP contribution in [0.1, 0.15) is 45.9 Å². The fourth-order valence-electron chi connectivity index (χ4n) is 2.93. The number of thiophene rings is 2. The average molecular weight is 405 g/mol. The summed E-state index contributed by atoms with van der Waals surface area (Å²) < 4.78 is 5.02. The summed E-state index contributed by atoms with van der Waals surface area (Å²) in [7, 11) is 1.66. The molecule has 0 aromatic carbocycles. The molecule has 1 unspecified atom stereocenters. The number of rotatable bonds is 9. The normalized spacial score (nSPS) is 12.3. The van der Waals surface area contributed by atoms with Gasteiger partial charge in [0.2, 0.25) is 0 Å². The van der Waals surface area contributed by atoms with Crippen LogP contribution in [0.3, 0.4) is 0 Å². The van der Waals surface area contributed by atoms with Crippen molar-refractivity contribution in [2.45, 2.75) is 32.7 Å². The Morgan fingerprint density at radius 3 is 2.93 bits per heavy atom. The minimum atomic E-state index is -0.0668. The van der Waals surface area contributed by atoms with Crippen molar-refractivity contribution in [1.82, 2.24) is 15.3 Å². The van der Waals surface area contributed by atoms with Gasteiger partial charge in [0.15, 0.2) is 0 Å². The zero-order chi connectivity index (χ0) is 19.2. The second-order valence-electron chi connectivity index (χ2n) is 6.18. The average Bonchev–Trinajstić information content (AvgIpc) is 3.32. The van der Waals surface area contributed by atoms with Crippen LogP contribution in [0.25, 0.3) is 10.2 Å². The van der Waals surface area contributed by atoms with Crippen molar-refractivity contribution in [1.29, 1.82) is 0 Å². The lowest BCUT2D eigenvalue weighted by Crippen LogP contribution is -2.24. The van der Waals surface area contributed by atoms with Crippen molar-refractivity contribution in [2.24, 2.45) is 0 Å². The van der Waals surface area contributed by atoms with Crippen LogP contribution in [-0.2, 0) is 4.74 Å². The van der Waals surface area contributed by atoms with Crippen LogP contribution in [0.15, 0.2) is 23.8 Å².